The van der Waals surface area contributed by atoms with Gasteiger partial charge in [-0.1, -0.05) is 121 Å². The maximum absolute atomic E-state index is 2.49. The summed E-state index contributed by atoms with van der Waals surface area (Å²) >= 11 is 1.86. The van der Waals surface area contributed by atoms with Crippen LogP contribution in [0, 0.1) is 6.92 Å². The lowest BCUT2D eigenvalue weighted by Gasteiger charge is -2.27. The van der Waals surface area contributed by atoms with Crippen LogP contribution in [0.4, 0.5) is 17.1 Å². The molecular weight excluding hydrogens is 735 g/mol. The lowest BCUT2D eigenvalue weighted by Crippen LogP contribution is -2.10. The van der Waals surface area contributed by atoms with Gasteiger partial charge in [0, 0.05) is 64.5 Å². The lowest BCUT2D eigenvalue weighted by atomic mass is 10.1. The standard InChI is InChI=1S/C55H37N3S/c1-36-14-11-18-39(32-36)58-48-23-8-5-20-43(48)44-30-28-42(35-52(44)58)56(41-29-31-54-47(34-41)45-21-7-10-27-53(45)59-54)50-25-13-26-51-55(50)46-22-6-9-24-49(46)57(51)40-19-12-17-38(33-40)37-15-3-2-4-16-37/h2-35H,1H3. The molecule has 0 radical (unpaired) electrons. The highest BCUT2D eigenvalue weighted by Crippen LogP contribution is 2.47. The van der Waals surface area contributed by atoms with Crippen LogP contribution in [0.2, 0.25) is 0 Å². The van der Waals surface area contributed by atoms with Gasteiger partial charge in [0.05, 0.1) is 27.8 Å². The van der Waals surface area contributed by atoms with Gasteiger partial charge in [-0.25, -0.2) is 0 Å². The Balaban J connectivity index is 1.15. The van der Waals surface area contributed by atoms with Crippen molar-refractivity contribution in [1.82, 2.24) is 9.13 Å². The van der Waals surface area contributed by atoms with E-state index in [1.54, 1.807) is 0 Å². The number of thiophene rings is 1. The minimum absolute atomic E-state index is 1.10. The summed E-state index contributed by atoms with van der Waals surface area (Å²) in [6.45, 7) is 2.17. The number of fused-ring (bicyclic) bond motifs is 9. The predicted molar refractivity (Wildman–Crippen MR) is 253 cm³/mol. The van der Waals surface area contributed by atoms with Crippen molar-refractivity contribution in [1.29, 1.82) is 0 Å². The zero-order valence-corrected chi connectivity index (χ0v) is 33.2. The molecule has 0 amide bonds. The first-order chi connectivity index (χ1) is 29.2. The first-order valence-electron chi connectivity index (χ1n) is 20.2. The molecule has 4 heteroatoms. The van der Waals surface area contributed by atoms with E-state index in [0.717, 1.165) is 34.0 Å². The third-order valence-corrected chi connectivity index (χ3v) is 13.1. The molecule has 3 heterocycles. The summed E-state index contributed by atoms with van der Waals surface area (Å²) < 4.78 is 7.46. The fourth-order valence-electron chi connectivity index (χ4n) is 9.34. The number of para-hydroxylation sites is 2. The molecule has 59 heavy (non-hydrogen) atoms. The quantitative estimate of drug-likeness (QED) is 0.164. The predicted octanol–water partition coefficient (Wildman–Crippen LogP) is 15.7. The third-order valence-electron chi connectivity index (χ3n) is 11.9. The maximum atomic E-state index is 2.49. The fourth-order valence-corrected chi connectivity index (χ4v) is 10.4. The normalized spacial score (nSPS) is 11.8. The van der Waals surface area contributed by atoms with E-state index in [1.165, 1.54) is 75.0 Å². The first kappa shape index (κ1) is 33.7. The second kappa shape index (κ2) is 13.3. The van der Waals surface area contributed by atoms with Gasteiger partial charge in [0.1, 0.15) is 0 Å². The molecule has 278 valence electrons. The maximum Gasteiger partial charge on any atom is 0.0562 e. The van der Waals surface area contributed by atoms with Crippen molar-refractivity contribution in [3.05, 3.63) is 212 Å². The molecule has 3 aromatic heterocycles. The summed E-state index contributed by atoms with van der Waals surface area (Å²) in [7, 11) is 0. The van der Waals surface area contributed by atoms with Crippen LogP contribution >= 0.6 is 11.3 Å². The van der Waals surface area contributed by atoms with Crippen LogP contribution in [-0.2, 0) is 0 Å². The van der Waals surface area contributed by atoms with E-state index in [-0.39, 0.29) is 0 Å². The fraction of sp³-hybridized carbons (Fsp3) is 0.0182. The Bertz CT molecular complexity index is 3590. The molecule has 0 atom stereocenters. The molecule has 12 aromatic rings. The average molecular weight is 772 g/mol. The largest absolute Gasteiger partial charge is 0.310 e. The van der Waals surface area contributed by atoms with E-state index in [9.17, 15) is 0 Å². The number of benzene rings is 9. The Kier molecular flexibility index (Phi) is 7.62. The highest BCUT2D eigenvalue weighted by atomic mass is 32.1. The van der Waals surface area contributed by atoms with Gasteiger partial charge in [0.2, 0.25) is 0 Å². The van der Waals surface area contributed by atoms with Crippen LogP contribution in [0.5, 0.6) is 0 Å². The number of anilines is 3. The third kappa shape index (κ3) is 5.34. The van der Waals surface area contributed by atoms with Gasteiger partial charge in [-0.15, -0.1) is 11.3 Å². The van der Waals surface area contributed by atoms with Gasteiger partial charge in [0.15, 0.2) is 0 Å². The van der Waals surface area contributed by atoms with Crippen molar-refractivity contribution in [2.24, 2.45) is 0 Å². The van der Waals surface area contributed by atoms with Gasteiger partial charge < -0.3 is 14.0 Å². The van der Waals surface area contributed by atoms with Gasteiger partial charge in [-0.3, -0.25) is 0 Å². The zero-order valence-electron chi connectivity index (χ0n) is 32.4. The molecule has 0 saturated heterocycles. The van der Waals surface area contributed by atoms with E-state index in [2.05, 4.69) is 227 Å². The van der Waals surface area contributed by atoms with E-state index in [4.69, 9.17) is 0 Å². The molecule has 0 saturated carbocycles. The number of rotatable bonds is 6. The highest BCUT2D eigenvalue weighted by Gasteiger charge is 2.23. The minimum atomic E-state index is 1.10. The van der Waals surface area contributed by atoms with Crippen LogP contribution in [0.15, 0.2) is 206 Å². The van der Waals surface area contributed by atoms with Crippen molar-refractivity contribution in [2.75, 3.05) is 4.90 Å². The number of aryl methyl sites for hydroxylation is 1. The van der Waals surface area contributed by atoms with Crippen LogP contribution in [0.25, 0.3) is 86.3 Å². The Hall–Kier alpha value is -7.40. The van der Waals surface area contributed by atoms with Crippen LogP contribution in [0.3, 0.4) is 0 Å². The molecule has 0 fully saturated rings. The molecule has 0 aliphatic rings. The summed E-state index contributed by atoms with van der Waals surface area (Å²) in [6, 6.07) is 75.7. The van der Waals surface area contributed by atoms with E-state index < -0.39 is 0 Å². The Labute approximate surface area is 345 Å². The van der Waals surface area contributed by atoms with Crippen molar-refractivity contribution in [2.45, 2.75) is 6.92 Å². The minimum Gasteiger partial charge on any atom is -0.310 e. The molecule has 9 aromatic carbocycles. The summed E-state index contributed by atoms with van der Waals surface area (Å²) in [5, 5.41) is 7.47. The van der Waals surface area contributed by atoms with Gasteiger partial charge >= 0.3 is 0 Å². The second-order valence-electron chi connectivity index (χ2n) is 15.4. The molecule has 0 spiro atoms. The van der Waals surface area contributed by atoms with Gasteiger partial charge in [0.25, 0.3) is 0 Å². The number of nitrogens with zero attached hydrogens (tertiary/aromatic N) is 3. The summed E-state index contributed by atoms with van der Waals surface area (Å²) in [6.07, 6.45) is 0. The highest BCUT2D eigenvalue weighted by molar-refractivity contribution is 7.25. The summed E-state index contributed by atoms with van der Waals surface area (Å²) in [5.74, 6) is 0. The Morgan fingerprint density at radius 2 is 0.966 bits per heavy atom. The van der Waals surface area contributed by atoms with Crippen LogP contribution in [-0.4, -0.2) is 9.13 Å². The van der Waals surface area contributed by atoms with Gasteiger partial charge in [-0.2, -0.15) is 0 Å². The lowest BCUT2D eigenvalue weighted by molar-refractivity contribution is 1.17. The molecule has 3 nitrogen and oxygen atoms in total. The molecule has 0 aliphatic heterocycles. The number of aromatic nitrogens is 2. The molecule has 0 N–H and O–H groups in total. The van der Waals surface area contributed by atoms with E-state index >= 15 is 0 Å². The topological polar surface area (TPSA) is 13.1 Å². The molecule has 0 unspecified atom stereocenters. The zero-order chi connectivity index (χ0) is 39.0. The van der Waals surface area contributed by atoms with E-state index in [0.29, 0.717) is 0 Å². The van der Waals surface area contributed by atoms with E-state index in [1.807, 2.05) is 11.3 Å². The SMILES string of the molecule is Cc1cccc(-n2c3ccccc3c3ccc(N(c4ccc5sc6ccccc6c5c4)c4cccc5c4c4ccccc4n5-c4cccc(-c5ccccc5)c4)cc32)c1. The molecule has 12 rings (SSSR count). The van der Waals surface area contributed by atoms with Crippen molar-refractivity contribution in [3.8, 4) is 22.5 Å². The van der Waals surface area contributed by atoms with Crippen molar-refractivity contribution >= 4 is 92.2 Å². The Morgan fingerprint density at radius 3 is 1.81 bits per heavy atom. The second-order valence-corrected chi connectivity index (χ2v) is 16.5. The summed E-state index contributed by atoms with van der Waals surface area (Å²) in [4.78, 5) is 2.49. The first-order valence-corrected chi connectivity index (χ1v) is 21.0. The Morgan fingerprint density at radius 1 is 0.373 bits per heavy atom. The number of hydrogen-bond acceptors (Lipinski definition) is 2. The molecule has 0 aliphatic carbocycles. The van der Waals surface area contributed by atoms with Crippen molar-refractivity contribution in [3.63, 3.8) is 0 Å². The molecular formula is C55H37N3S. The van der Waals surface area contributed by atoms with Crippen LogP contribution in [0.1, 0.15) is 5.56 Å². The molecule has 0 bridgehead atoms. The number of hydrogen-bond donors (Lipinski definition) is 0. The van der Waals surface area contributed by atoms with Crippen molar-refractivity contribution < 1.29 is 0 Å². The monoisotopic (exact) mass is 771 g/mol. The average Bonchev–Trinajstić information content (AvgIpc) is 3.94. The smallest absolute Gasteiger partial charge is 0.0562 e. The van der Waals surface area contributed by atoms with Crippen LogP contribution < -0.4 is 4.90 Å². The summed E-state index contributed by atoms with van der Waals surface area (Å²) in [5.41, 5.74) is 14.0. The van der Waals surface area contributed by atoms with Gasteiger partial charge in [-0.05, 0) is 109 Å².